The maximum Gasteiger partial charge on any atom is 0.269 e. The fraction of sp³-hybridized carbons (Fsp3) is 0.0294. The molecule has 0 fully saturated rings. The van der Waals surface area contributed by atoms with Crippen molar-refractivity contribution in [2.45, 2.75) is 6.42 Å². The number of non-ortho nitro benzene ring substituents is 1. The third-order valence-electron chi connectivity index (χ3n) is 6.55. The number of hydrogen-bond donors (Lipinski definition) is 2. The lowest BCUT2D eigenvalue weighted by Gasteiger charge is -2.13. The van der Waals surface area contributed by atoms with Crippen molar-refractivity contribution in [3.8, 4) is 0 Å². The van der Waals surface area contributed by atoms with Crippen molar-refractivity contribution in [1.29, 1.82) is 0 Å². The molecule has 0 heterocycles. The summed E-state index contributed by atoms with van der Waals surface area (Å²) in [5.74, 6) is -1.05. The molecule has 0 aliphatic rings. The van der Waals surface area contributed by atoms with E-state index in [1.54, 1.807) is 42.5 Å². The zero-order valence-electron chi connectivity index (χ0n) is 22.3. The molecule has 5 rings (SSSR count). The van der Waals surface area contributed by atoms with Crippen LogP contribution in [-0.2, 0) is 16.0 Å². The Balaban J connectivity index is 1.34. The van der Waals surface area contributed by atoms with Gasteiger partial charge in [-0.2, -0.15) is 0 Å². The predicted molar refractivity (Wildman–Crippen MR) is 163 cm³/mol. The van der Waals surface area contributed by atoms with Crippen LogP contribution >= 0.6 is 0 Å². The van der Waals surface area contributed by atoms with Gasteiger partial charge in [0, 0.05) is 35.0 Å². The number of amides is 2. The zero-order valence-corrected chi connectivity index (χ0v) is 22.3. The van der Waals surface area contributed by atoms with E-state index in [-0.39, 0.29) is 29.4 Å². The van der Waals surface area contributed by atoms with Gasteiger partial charge in [-0.05, 0) is 58.3 Å². The number of nitrogens with zero attached hydrogens (tertiary/aromatic N) is 1. The van der Waals surface area contributed by atoms with Gasteiger partial charge in [-0.25, -0.2) is 0 Å². The molecule has 5 aromatic carbocycles. The topological polar surface area (TPSA) is 118 Å². The Morgan fingerprint density at radius 1 is 0.738 bits per heavy atom. The third kappa shape index (κ3) is 6.81. The zero-order chi connectivity index (χ0) is 29.5. The molecule has 0 aromatic heterocycles. The summed E-state index contributed by atoms with van der Waals surface area (Å²) in [4.78, 5) is 49.4. The third-order valence-corrected chi connectivity index (χ3v) is 6.55. The molecule has 0 saturated heterocycles. The average molecular weight is 556 g/mol. The normalized spacial score (nSPS) is 10.9. The van der Waals surface area contributed by atoms with E-state index >= 15 is 0 Å². The largest absolute Gasteiger partial charge is 0.325 e. The van der Waals surface area contributed by atoms with Crippen LogP contribution in [0.25, 0.3) is 16.8 Å². The summed E-state index contributed by atoms with van der Waals surface area (Å²) in [6, 6.07) is 32.9. The number of anilines is 2. The summed E-state index contributed by atoms with van der Waals surface area (Å²) >= 11 is 0. The number of nitrogens with one attached hydrogen (secondary N) is 2. The van der Waals surface area contributed by atoms with Gasteiger partial charge in [-0.3, -0.25) is 24.5 Å². The number of nitro benzene ring substituents is 1. The van der Waals surface area contributed by atoms with E-state index in [9.17, 15) is 24.5 Å². The number of rotatable bonds is 9. The Hall–Kier alpha value is -5.89. The molecule has 0 bridgehead atoms. The van der Waals surface area contributed by atoms with Gasteiger partial charge in [-0.1, -0.05) is 72.8 Å². The van der Waals surface area contributed by atoms with Gasteiger partial charge < -0.3 is 10.6 Å². The fourth-order valence-corrected chi connectivity index (χ4v) is 4.46. The maximum absolute atomic E-state index is 13.5. The molecule has 0 unspecified atom stereocenters. The SMILES string of the molecule is O=C(C=Cc1ccc([N+](=O)[O-])cc1)Nc1ccc(NC(=O)Cc2ccc3ccccc3c2)c(C(=O)c2ccccc2)c1. The first-order valence-corrected chi connectivity index (χ1v) is 13.1. The highest BCUT2D eigenvalue weighted by atomic mass is 16.6. The fourth-order valence-electron chi connectivity index (χ4n) is 4.46. The van der Waals surface area contributed by atoms with Crippen LogP contribution in [-0.4, -0.2) is 22.5 Å². The van der Waals surface area contributed by atoms with Crippen molar-refractivity contribution in [3.63, 3.8) is 0 Å². The molecule has 8 heteroatoms. The van der Waals surface area contributed by atoms with Crippen molar-refractivity contribution in [2.75, 3.05) is 10.6 Å². The first kappa shape index (κ1) is 27.7. The second kappa shape index (κ2) is 12.5. The molecule has 5 aromatic rings. The summed E-state index contributed by atoms with van der Waals surface area (Å²) in [6.07, 6.45) is 2.94. The number of carbonyl (C=O) groups excluding carboxylic acids is 3. The Kier molecular flexibility index (Phi) is 8.25. The van der Waals surface area contributed by atoms with Crippen LogP contribution in [0.5, 0.6) is 0 Å². The Morgan fingerprint density at radius 2 is 1.45 bits per heavy atom. The lowest BCUT2D eigenvalue weighted by Crippen LogP contribution is -2.18. The molecule has 2 N–H and O–H groups in total. The number of hydrogen-bond acceptors (Lipinski definition) is 5. The van der Waals surface area contributed by atoms with Crippen molar-refractivity contribution < 1.29 is 19.3 Å². The number of carbonyl (C=O) groups is 3. The Morgan fingerprint density at radius 3 is 2.19 bits per heavy atom. The Bertz CT molecular complexity index is 1830. The summed E-state index contributed by atoms with van der Waals surface area (Å²) in [5.41, 5.74) is 2.76. The number of ketones is 1. The van der Waals surface area contributed by atoms with Crippen LogP contribution in [0.15, 0.2) is 121 Å². The highest BCUT2D eigenvalue weighted by Crippen LogP contribution is 2.25. The molecule has 42 heavy (non-hydrogen) atoms. The van der Waals surface area contributed by atoms with E-state index in [4.69, 9.17) is 0 Å². The summed E-state index contributed by atoms with van der Waals surface area (Å²) in [7, 11) is 0. The second-order valence-corrected chi connectivity index (χ2v) is 9.53. The summed E-state index contributed by atoms with van der Waals surface area (Å²) in [6.45, 7) is 0. The molecular formula is C34H25N3O5. The van der Waals surface area contributed by atoms with Crippen molar-refractivity contribution >= 4 is 51.5 Å². The van der Waals surface area contributed by atoms with Crippen LogP contribution in [0.2, 0.25) is 0 Å². The highest BCUT2D eigenvalue weighted by Gasteiger charge is 2.17. The predicted octanol–water partition coefficient (Wildman–Crippen LogP) is 6.81. The van der Waals surface area contributed by atoms with Gasteiger partial charge in [0.15, 0.2) is 5.78 Å². The van der Waals surface area contributed by atoms with E-state index in [2.05, 4.69) is 10.6 Å². The molecule has 8 nitrogen and oxygen atoms in total. The van der Waals surface area contributed by atoms with Gasteiger partial charge in [0.2, 0.25) is 11.8 Å². The highest BCUT2D eigenvalue weighted by molar-refractivity contribution is 6.15. The van der Waals surface area contributed by atoms with Gasteiger partial charge in [0.05, 0.1) is 17.0 Å². The van der Waals surface area contributed by atoms with E-state index in [1.165, 1.54) is 42.5 Å². The van der Waals surface area contributed by atoms with Crippen molar-refractivity contribution in [3.05, 3.63) is 154 Å². The van der Waals surface area contributed by atoms with Crippen LogP contribution in [0.1, 0.15) is 27.0 Å². The summed E-state index contributed by atoms with van der Waals surface area (Å²) in [5, 5.41) is 18.5. The number of fused-ring (bicyclic) bond motifs is 1. The van der Waals surface area contributed by atoms with Gasteiger partial charge in [0.25, 0.3) is 5.69 Å². The molecule has 0 saturated carbocycles. The molecule has 0 spiro atoms. The molecular weight excluding hydrogens is 530 g/mol. The van der Waals surface area contributed by atoms with Gasteiger partial charge in [0.1, 0.15) is 0 Å². The van der Waals surface area contributed by atoms with Gasteiger partial charge in [-0.15, -0.1) is 0 Å². The quantitative estimate of drug-likeness (QED) is 0.0896. The average Bonchev–Trinajstić information content (AvgIpc) is 3.01. The monoisotopic (exact) mass is 555 g/mol. The van der Waals surface area contributed by atoms with E-state index in [0.29, 0.717) is 22.5 Å². The van der Waals surface area contributed by atoms with Gasteiger partial charge >= 0.3 is 0 Å². The van der Waals surface area contributed by atoms with Crippen molar-refractivity contribution in [1.82, 2.24) is 0 Å². The molecule has 2 amide bonds. The Labute approximate surface area is 241 Å². The number of benzene rings is 5. The lowest BCUT2D eigenvalue weighted by molar-refractivity contribution is -0.384. The molecule has 0 radical (unpaired) electrons. The van der Waals surface area contributed by atoms with E-state index in [0.717, 1.165) is 16.3 Å². The first-order chi connectivity index (χ1) is 20.4. The van der Waals surface area contributed by atoms with Crippen LogP contribution < -0.4 is 10.6 Å². The minimum atomic E-state index is -0.496. The minimum Gasteiger partial charge on any atom is -0.325 e. The van der Waals surface area contributed by atoms with Crippen LogP contribution in [0, 0.1) is 10.1 Å². The summed E-state index contributed by atoms with van der Waals surface area (Å²) < 4.78 is 0. The molecule has 0 aliphatic heterocycles. The second-order valence-electron chi connectivity index (χ2n) is 9.53. The maximum atomic E-state index is 13.5. The van der Waals surface area contributed by atoms with Crippen molar-refractivity contribution in [2.24, 2.45) is 0 Å². The number of nitro groups is 1. The molecule has 0 atom stereocenters. The van der Waals surface area contributed by atoms with E-state index < -0.39 is 10.8 Å². The smallest absolute Gasteiger partial charge is 0.269 e. The van der Waals surface area contributed by atoms with Crippen LogP contribution in [0.3, 0.4) is 0 Å². The molecule has 0 aliphatic carbocycles. The lowest BCUT2D eigenvalue weighted by atomic mass is 10.0. The minimum absolute atomic E-state index is 0.0448. The van der Waals surface area contributed by atoms with Crippen LogP contribution in [0.4, 0.5) is 17.1 Å². The molecule has 206 valence electrons. The standard InChI is InChI=1S/C34H25N3O5/c38-32(19-13-23-11-16-29(17-12-23)37(41)42)35-28-15-18-31(30(22-28)34(40)26-7-2-1-3-8-26)36-33(39)21-24-10-14-25-6-4-5-9-27(25)20-24/h1-20,22H,21H2,(H,35,38)(H,36,39). The van der Waals surface area contributed by atoms with E-state index in [1.807, 2.05) is 42.5 Å². The first-order valence-electron chi connectivity index (χ1n) is 13.1.